The molecule has 1 aromatic carbocycles. The predicted octanol–water partition coefficient (Wildman–Crippen LogP) is 1.79. The Morgan fingerprint density at radius 3 is 2.55 bits per heavy atom. The van der Waals surface area contributed by atoms with Gasteiger partial charge in [0.05, 0.1) is 6.54 Å². The van der Waals surface area contributed by atoms with E-state index in [-0.39, 0.29) is 6.54 Å². The van der Waals surface area contributed by atoms with Gasteiger partial charge in [-0.25, -0.2) is 0 Å². The van der Waals surface area contributed by atoms with Gasteiger partial charge in [-0.1, -0.05) is 42.5 Å². The first-order valence-electron chi connectivity index (χ1n) is 7.12. The molecular weight excluding hydrogens is 252 g/mol. The van der Waals surface area contributed by atoms with Crippen LogP contribution in [-0.2, 0) is 4.79 Å². The van der Waals surface area contributed by atoms with Crippen LogP contribution in [0.3, 0.4) is 0 Å². The third kappa shape index (κ3) is 5.15. The maximum Gasteiger partial charge on any atom is 0.317 e. The molecule has 0 spiro atoms. The second kappa shape index (κ2) is 7.82. The highest BCUT2D eigenvalue weighted by Gasteiger charge is 2.15. The molecule has 1 aromatic rings. The molecular formula is C16H22N2O2. The van der Waals surface area contributed by atoms with E-state index in [0.29, 0.717) is 0 Å². The van der Waals surface area contributed by atoms with Crippen molar-refractivity contribution >= 4 is 12.0 Å². The summed E-state index contributed by atoms with van der Waals surface area (Å²) in [5.41, 5.74) is 1.22. The molecule has 0 atom stereocenters. The molecule has 4 nitrogen and oxygen atoms in total. The molecule has 1 N–H and O–H groups in total. The van der Waals surface area contributed by atoms with Gasteiger partial charge in [-0.05, 0) is 18.5 Å². The number of aliphatic carboxylic acids is 1. The van der Waals surface area contributed by atoms with Crippen molar-refractivity contribution < 1.29 is 9.90 Å². The number of carboxylic acid groups (broad SMARTS) is 1. The van der Waals surface area contributed by atoms with E-state index >= 15 is 0 Å². The lowest BCUT2D eigenvalue weighted by Gasteiger charge is -2.19. The van der Waals surface area contributed by atoms with E-state index in [1.165, 1.54) is 5.56 Å². The second-order valence-corrected chi connectivity index (χ2v) is 5.14. The largest absolute Gasteiger partial charge is 0.480 e. The molecule has 2 rings (SSSR count). The maximum atomic E-state index is 10.7. The third-order valence-electron chi connectivity index (χ3n) is 3.51. The van der Waals surface area contributed by atoms with Gasteiger partial charge in [-0.2, -0.15) is 0 Å². The average Bonchev–Trinajstić information content (AvgIpc) is 2.65. The molecule has 0 unspecified atom stereocenters. The molecule has 20 heavy (non-hydrogen) atoms. The Labute approximate surface area is 120 Å². The number of hydrogen-bond acceptors (Lipinski definition) is 3. The summed E-state index contributed by atoms with van der Waals surface area (Å²) in [7, 11) is 0. The minimum Gasteiger partial charge on any atom is -0.480 e. The highest BCUT2D eigenvalue weighted by Crippen LogP contribution is 2.05. The lowest BCUT2D eigenvalue weighted by atomic mass is 10.2. The molecule has 1 aliphatic rings. The SMILES string of the molecule is O=C(O)CN1CCCN(CC=Cc2ccccc2)CC1. The average molecular weight is 274 g/mol. The number of carboxylic acids is 1. The van der Waals surface area contributed by atoms with Crippen LogP contribution in [-0.4, -0.2) is 60.1 Å². The summed E-state index contributed by atoms with van der Waals surface area (Å²) in [6.07, 6.45) is 5.36. The van der Waals surface area contributed by atoms with Crippen molar-refractivity contribution in [2.75, 3.05) is 39.3 Å². The summed E-state index contributed by atoms with van der Waals surface area (Å²) in [6.45, 7) is 4.78. The monoisotopic (exact) mass is 274 g/mol. The van der Waals surface area contributed by atoms with Crippen LogP contribution in [0.4, 0.5) is 0 Å². The van der Waals surface area contributed by atoms with Crippen molar-refractivity contribution in [1.29, 1.82) is 0 Å². The van der Waals surface area contributed by atoms with E-state index in [4.69, 9.17) is 5.11 Å². The van der Waals surface area contributed by atoms with Crippen LogP contribution in [0.5, 0.6) is 0 Å². The highest BCUT2D eigenvalue weighted by molar-refractivity contribution is 5.69. The quantitative estimate of drug-likeness (QED) is 0.889. The van der Waals surface area contributed by atoms with Crippen molar-refractivity contribution in [1.82, 2.24) is 9.80 Å². The maximum absolute atomic E-state index is 10.7. The van der Waals surface area contributed by atoms with Crippen molar-refractivity contribution in [2.24, 2.45) is 0 Å². The zero-order valence-electron chi connectivity index (χ0n) is 11.7. The Balaban J connectivity index is 1.77. The van der Waals surface area contributed by atoms with E-state index in [9.17, 15) is 4.79 Å². The van der Waals surface area contributed by atoms with Crippen LogP contribution in [0.25, 0.3) is 6.08 Å². The van der Waals surface area contributed by atoms with Crippen LogP contribution in [0.1, 0.15) is 12.0 Å². The zero-order valence-corrected chi connectivity index (χ0v) is 11.7. The Kier molecular flexibility index (Phi) is 5.77. The van der Waals surface area contributed by atoms with Crippen LogP contribution in [0, 0.1) is 0 Å². The van der Waals surface area contributed by atoms with E-state index in [2.05, 4.69) is 29.2 Å². The number of carbonyl (C=O) groups is 1. The smallest absolute Gasteiger partial charge is 0.317 e. The minimum absolute atomic E-state index is 0.160. The van der Waals surface area contributed by atoms with Crippen molar-refractivity contribution in [2.45, 2.75) is 6.42 Å². The molecule has 0 aromatic heterocycles. The fraction of sp³-hybridized carbons (Fsp3) is 0.438. The Morgan fingerprint density at radius 1 is 1.10 bits per heavy atom. The standard InChI is InChI=1S/C16H22N2O2/c19-16(20)14-18-11-5-10-17(12-13-18)9-4-8-15-6-2-1-3-7-15/h1-4,6-8H,5,9-14H2,(H,19,20). The molecule has 0 aliphatic carbocycles. The summed E-state index contributed by atoms with van der Waals surface area (Å²) >= 11 is 0. The van der Waals surface area contributed by atoms with E-state index in [1.807, 2.05) is 23.1 Å². The molecule has 0 saturated carbocycles. The van der Waals surface area contributed by atoms with Gasteiger partial charge in [0.2, 0.25) is 0 Å². The van der Waals surface area contributed by atoms with Gasteiger partial charge in [0.25, 0.3) is 0 Å². The fourth-order valence-electron chi connectivity index (χ4n) is 2.46. The molecule has 0 bridgehead atoms. The van der Waals surface area contributed by atoms with E-state index < -0.39 is 5.97 Å². The van der Waals surface area contributed by atoms with Gasteiger partial charge in [0.15, 0.2) is 0 Å². The van der Waals surface area contributed by atoms with Gasteiger partial charge in [0, 0.05) is 26.2 Å². The third-order valence-corrected chi connectivity index (χ3v) is 3.51. The van der Waals surface area contributed by atoms with Gasteiger partial charge in [-0.15, -0.1) is 0 Å². The Hall–Kier alpha value is -1.65. The van der Waals surface area contributed by atoms with Crippen LogP contribution in [0.15, 0.2) is 36.4 Å². The Morgan fingerprint density at radius 2 is 1.80 bits per heavy atom. The normalized spacial score (nSPS) is 18.2. The first kappa shape index (κ1) is 14.8. The summed E-state index contributed by atoms with van der Waals surface area (Å²) in [6, 6.07) is 10.3. The van der Waals surface area contributed by atoms with Gasteiger partial charge >= 0.3 is 5.97 Å². The molecule has 1 saturated heterocycles. The second-order valence-electron chi connectivity index (χ2n) is 5.14. The molecule has 1 fully saturated rings. The van der Waals surface area contributed by atoms with Crippen molar-refractivity contribution in [3.8, 4) is 0 Å². The van der Waals surface area contributed by atoms with Gasteiger partial charge in [0.1, 0.15) is 0 Å². The minimum atomic E-state index is -0.734. The fourth-order valence-corrected chi connectivity index (χ4v) is 2.46. The van der Waals surface area contributed by atoms with Crippen LogP contribution in [0.2, 0.25) is 0 Å². The van der Waals surface area contributed by atoms with Crippen LogP contribution >= 0.6 is 0 Å². The molecule has 4 heteroatoms. The summed E-state index contributed by atoms with van der Waals surface area (Å²) < 4.78 is 0. The molecule has 1 heterocycles. The first-order valence-corrected chi connectivity index (χ1v) is 7.12. The van der Waals surface area contributed by atoms with E-state index in [0.717, 1.165) is 39.1 Å². The number of nitrogens with zero attached hydrogens (tertiary/aromatic N) is 2. The lowest BCUT2D eigenvalue weighted by molar-refractivity contribution is -0.138. The van der Waals surface area contributed by atoms with Crippen molar-refractivity contribution in [3.05, 3.63) is 42.0 Å². The highest BCUT2D eigenvalue weighted by atomic mass is 16.4. The molecule has 108 valence electrons. The molecule has 1 aliphatic heterocycles. The molecule has 0 amide bonds. The van der Waals surface area contributed by atoms with Gasteiger partial charge < -0.3 is 5.11 Å². The molecule has 0 radical (unpaired) electrons. The number of rotatable bonds is 5. The van der Waals surface area contributed by atoms with E-state index in [1.54, 1.807) is 0 Å². The summed E-state index contributed by atoms with van der Waals surface area (Å²) in [5.74, 6) is -0.734. The van der Waals surface area contributed by atoms with Crippen molar-refractivity contribution in [3.63, 3.8) is 0 Å². The summed E-state index contributed by atoms with van der Waals surface area (Å²) in [4.78, 5) is 15.1. The number of hydrogen-bond donors (Lipinski definition) is 1. The topological polar surface area (TPSA) is 43.8 Å². The predicted molar refractivity (Wildman–Crippen MR) is 80.6 cm³/mol. The lowest BCUT2D eigenvalue weighted by Crippen LogP contribution is -2.34. The van der Waals surface area contributed by atoms with Gasteiger partial charge in [-0.3, -0.25) is 14.6 Å². The zero-order chi connectivity index (χ0) is 14.2. The first-order chi connectivity index (χ1) is 9.74. The number of benzene rings is 1. The summed E-state index contributed by atoms with van der Waals surface area (Å²) in [5, 5.41) is 8.82. The Bertz CT molecular complexity index is 445. The van der Waals surface area contributed by atoms with Crippen LogP contribution < -0.4 is 0 Å².